The lowest BCUT2D eigenvalue weighted by Crippen LogP contribution is -2.11. The molecule has 0 aliphatic carbocycles. The maximum absolute atomic E-state index is 6.03. The number of rotatable bonds is 4. The number of aryl methyl sites for hydroxylation is 2. The van der Waals surface area contributed by atoms with Gasteiger partial charge in [-0.3, -0.25) is 0 Å². The Morgan fingerprint density at radius 3 is 2.47 bits per heavy atom. The minimum absolute atomic E-state index is 0.341. The molecule has 2 heterocycles. The molecule has 8 heteroatoms. The highest BCUT2D eigenvalue weighted by molar-refractivity contribution is 6.37. The quantitative estimate of drug-likeness (QED) is 0.594. The van der Waals surface area contributed by atoms with Gasteiger partial charge in [0.05, 0.1) is 22.3 Å². The number of anilines is 2. The van der Waals surface area contributed by atoms with Crippen molar-refractivity contribution in [3.63, 3.8) is 0 Å². The highest BCUT2D eigenvalue weighted by Crippen LogP contribution is 2.28. The number of halogens is 2. The third kappa shape index (κ3) is 3.09. The molecule has 0 aliphatic heterocycles. The zero-order chi connectivity index (χ0) is 14.0. The van der Waals surface area contributed by atoms with E-state index in [9.17, 15) is 0 Å². The molecule has 0 aromatic carbocycles. The number of pyridine rings is 1. The van der Waals surface area contributed by atoms with Gasteiger partial charge in [-0.15, -0.1) is 0 Å². The van der Waals surface area contributed by atoms with Crippen molar-refractivity contribution in [1.29, 1.82) is 0 Å². The van der Waals surface area contributed by atoms with Crippen LogP contribution in [0, 0.1) is 13.8 Å². The van der Waals surface area contributed by atoms with Crippen LogP contribution >= 0.6 is 23.2 Å². The molecule has 6 nitrogen and oxygen atoms in total. The molecular weight excluding hydrogens is 289 g/mol. The van der Waals surface area contributed by atoms with Gasteiger partial charge in [-0.05, 0) is 19.9 Å². The Balaban J connectivity index is 2.15. The molecule has 19 heavy (non-hydrogen) atoms. The lowest BCUT2D eigenvalue weighted by atomic mass is 10.4. The highest BCUT2D eigenvalue weighted by Gasteiger charge is 2.10. The Kier molecular flexibility index (Phi) is 4.14. The average molecular weight is 302 g/mol. The summed E-state index contributed by atoms with van der Waals surface area (Å²) in [6.07, 6.45) is 0. The normalized spacial score (nSPS) is 10.6. The highest BCUT2D eigenvalue weighted by atomic mass is 35.5. The van der Waals surface area contributed by atoms with Crippen LogP contribution in [0.1, 0.15) is 17.3 Å². The fraction of sp³-hybridized carbons (Fsp3) is 0.273. The van der Waals surface area contributed by atoms with Crippen molar-refractivity contribution in [2.75, 3.05) is 10.7 Å². The molecule has 2 rings (SSSR count). The molecule has 0 saturated heterocycles. The Morgan fingerprint density at radius 2 is 1.89 bits per heavy atom. The maximum Gasteiger partial charge on any atom is 0.213 e. The number of nitrogen functional groups attached to an aromatic ring is 1. The summed E-state index contributed by atoms with van der Waals surface area (Å²) in [7, 11) is 0. The molecule has 102 valence electrons. The monoisotopic (exact) mass is 301 g/mol. The average Bonchev–Trinajstić information content (AvgIpc) is 2.68. The van der Waals surface area contributed by atoms with Crippen molar-refractivity contribution >= 4 is 34.8 Å². The molecule has 0 unspecified atom stereocenters. The van der Waals surface area contributed by atoms with Crippen molar-refractivity contribution in [2.45, 2.75) is 20.4 Å². The number of hydrogen-bond acceptors (Lipinski definition) is 6. The summed E-state index contributed by atoms with van der Waals surface area (Å²) in [5, 5.41) is 3.76. The molecule has 2 aromatic heterocycles. The molecule has 0 aliphatic rings. The van der Waals surface area contributed by atoms with Gasteiger partial charge in [0.25, 0.3) is 0 Å². The van der Waals surface area contributed by atoms with Crippen molar-refractivity contribution in [3.8, 4) is 0 Å². The molecule has 0 spiro atoms. The fourth-order valence-corrected chi connectivity index (χ4v) is 1.95. The van der Waals surface area contributed by atoms with Gasteiger partial charge in [0.1, 0.15) is 11.6 Å². The molecule has 0 saturated carbocycles. The topological polar surface area (TPSA) is 89.0 Å². The van der Waals surface area contributed by atoms with Crippen molar-refractivity contribution in [1.82, 2.24) is 9.97 Å². The third-order valence-electron chi connectivity index (χ3n) is 2.55. The van der Waals surface area contributed by atoms with Gasteiger partial charge in [0.2, 0.25) is 5.89 Å². The number of aromatic nitrogens is 2. The minimum Gasteiger partial charge on any atom is -0.444 e. The summed E-state index contributed by atoms with van der Waals surface area (Å²) in [6.45, 7) is 4.11. The Bertz CT molecular complexity index is 580. The second kappa shape index (κ2) is 5.64. The van der Waals surface area contributed by atoms with Crippen molar-refractivity contribution in [3.05, 3.63) is 33.5 Å². The second-order valence-electron chi connectivity index (χ2n) is 3.90. The smallest absolute Gasteiger partial charge is 0.213 e. The van der Waals surface area contributed by atoms with Crippen LogP contribution in [-0.2, 0) is 6.54 Å². The van der Waals surface area contributed by atoms with Crippen molar-refractivity contribution in [2.24, 2.45) is 5.84 Å². The number of nitrogens with two attached hydrogens (primary N) is 1. The predicted octanol–water partition coefficient (Wildman–Crippen LogP) is 2.89. The van der Waals surface area contributed by atoms with E-state index in [1.807, 2.05) is 13.8 Å². The first-order valence-corrected chi connectivity index (χ1v) is 6.26. The summed E-state index contributed by atoms with van der Waals surface area (Å²) in [5.41, 5.74) is 3.25. The van der Waals surface area contributed by atoms with E-state index in [0.29, 0.717) is 34.1 Å². The molecule has 2 aromatic rings. The van der Waals surface area contributed by atoms with Crippen LogP contribution in [0.2, 0.25) is 10.0 Å². The van der Waals surface area contributed by atoms with E-state index in [1.165, 1.54) is 0 Å². The summed E-state index contributed by atoms with van der Waals surface area (Å²) < 4.78 is 5.45. The van der Waals surface area contributed by atoms with Crippen LogP contribution in [0.3, 0.4) is 0 Å². The molecular formula is C11H13Cl2N5O. The molecule has 0 amide bonds. The first kappa shape index (κ1) is 13.9. The molecule has 0 fully saturated rings. The summed E-state index contributed by atoms with van der Waals surface area (Å²) in [6, 6.07) is 1.56. The number of hydrazine groups is 1. The van der Waals surface area contributed by atoms with E-state index in [2.05, 4.69) is 20.7 Å². The number of hydrogen-bond donors (Lipinski definition) is 3. The van der Waals surface area contributed by atoms with Gasteiger partial charge >= 0.3 is 0 Å². The molecule has 0 atom stereocenters. The van der Waals surface area contributed by atoms with Gasteiger partial charge in [0, 0.05) is 0 Å². The fourth-order valence-electron chi connectivity index (χ4n) is 1.47. The van der Waals surface area contributed by atoms with Crippen LogP contribution in [-0.4, -0.2) is 9.97 Å². The second-order valence-corrected chi connectivity index (χ2v) is 4.71. The van der Waals surface area contributed by atoms with E-state index in [4.69, 9.17) is 33.5 Å². The van der Waals surface area contributed by atoms with E-state index >= 15 is 0 Å². The van der Waals surface area contributed by atoms with Crippen LogP contribution in [0.4, 0.5) is 11.6 Å². The zero-order valence-corrected chi connectivity index (χ0v) is 11.9. The van der Waals surface area contributed by atoms with Gasteiger partial charge in [-0.2, -0.15) is 0 Å². The van der Waals surface area contributed by atoms with E-state index in [1.54, 1.807) is 6.07 Å². The predicted molar refractivity (Wildman–Crippen MR) is 75.4 cm³/mol. The van der Waals surface area contributed by atoms with Crippen molar-refractivity contribution < 1.29 is 4.42 Å². The number of oxazole rings is 1. The maximum atomic E-state index is 6.03. The summed E-state index contributed by atoms with van der Waals surface area (Å²) in [5.74, 6) is 7.44. The number of nitrogens with one attached hydrogen (secondary N) is 2. The molecule has 4 N–H and O–H groups in total. The number of nitrogens with zero attached hydrogens (tertiary/aromatic N) is 2. The third-order valence-corrected chi connectivity index (χ3v) is 3.12. The zero-order valence-electron chi connectivity index (χ0n) is 10.4. The Hall–Kier alpha value is -1.50. The lowest BCUT2D eigenvalue weighted by molar-refractivity contribution is 0.478. The van der Waals surface area contributed by atoms with Crippen LogP contribution < -0.4 is 16.6 Å². The molecule has 0 radical (unpaired) electrons. The Labute approximate surface area is 120 Å². The van der Waals surface area contributed by atoms with Gasteiger partial charge in [0.15, 0.2) is 5.82 Å². The van der Waals surface area contributed by atoms with Crippen LogP contribution in [0.25, 0.3) is 0 Å². The first-order chi connectivity index (χ1) is 9.01. The van der Waals surface area contributed by atoms with E-state index in [-0.39, 0.29) is 0 Å². The van der Waals surface area contributed by atoms with E-state index in [0.717, 1.165) is 11.5 Å². The van der Waals surface area contributed by atoms with Gasteiger partial charge < -0.3 is 15.2 Å². The Morgan fingerprint density at radius 1 is 1.21 bits per heavy atom. The van der Waals surface area contributed by atoms with Gasteiger partial charge in [-0.1, -0.05) is 23.2 Å². The van der Waals surface area contributed by atoms with E-state index < -0.39 is 0 Å². The summed E-state index contributed by atoms with van der Waals surface area (Å²) >= 11 is 11.9. The summed E-state index contributed by atoms with van der Waals surface area (Å²) in [4.78, 5) is 8.40. The standard InChI is InChI=1S/C11H13Cl2N5O/c1-5-6(2)19-9(16-5)4-15-10-7(12)3-8(13)11(17-10)18-14/h3H,4,14H2,1-2H3,(H2,15,17,18). The largest absolute Gasteiger partial charge is 0.444 e. The molecule has 0 bridgehead atoms. The first-order valence-electron chi connectivity index (χ1n) is 5.50. The minimum atomic E-state index is 0.341. The van der Waals surface area contributed by atoms with Crippen LogP contribution in [0.5, 0.6) is 0 Å². The van der Waals surface area contributed by atoms with Gasteiger partial charge in [-0.25, -0.2) is 15.8 Å². The van der Waals surface area contributed by atoms with Crippen LogP contribution in [0.15, 0.2) is 10.5 Å². The lowest BCUT2D eigenvalue weighted by Gasteiger charge is -2.09. The SMILES string of the molecule is Cc1nc(CNc2nc(NN)c(Cl)cc2Cl)oc1C.